The molecule has 0 saturated heterocycles. The van der Waals surface area contributed by atoms with Crippen molar-refractivity contribution in [2.75, 3.05) is 13.2 Å². The lowest BCUT2D eigenvalue weighted by molar-refractivity contribution is 0.146. The van der Waals surface area contributed by atoms with Gasteiger partial charge in [-0.15, -0.1) is 0 Å². The van der Waals surface area contributed by atoms with Crippen LogP contribution in [0.1, 0.15) is 179 Å². The summed E-state index contributed by atoms with van der Waals surface area (Å²) in [6, 6.07) is 6.65. The highest BCUT2D eigenvalue weighted by atomic mass is 19.2. The Bertz CT molecular complexity index is 1510. The Labute approximate surface area is 354 Å². The highest BCUT2D eigenvalue weighted by Crippen LogP contribution is 2.48. The lowest BCUT2D eigenvalue weighted by atomic mass is 9.66. The second-order valence-corrected chi connectivity index (χ2v) is 18.7. The summed E-state index contributed by atoms with van der Waals surface area (Å²) in [4.78, 5) is 0. The summed E-state index contributed by atoms with van der Waals surface area (Å²) >= 11 is 0. The van der Waals surface area contributed by atoms with Crippen LogP contribution in [0.5, 0.6) is 11.5 Å². The summed E-state index contributed by atoms with van der Waals surface area (Å²) in [6.45, 7) is 8.74. The molecule has 0 bridgehead atoms. The van der Waals surface area contributed by atoms with Gasteiger partial charge < -0.3 is 14.2 Å². The Kier molecular flexibility index (Phi) is 17.6. The molecule has 3 nitrogen and oxygen atoms in total. The van der Waals surface area contributed by atoms with E-state index in [1.807, 2.05) is 12.5 Å². The zero-order chi connectivity index (χ0) is 41.7. The summed E-state index contributed by atoms with van der Waals surface area (Å²) in [5, 5.41) is 0. The molecule has 2 unspecified atom stereocenters. The minimum absolute atomic E-state index is 0.00651. The van der Waals surface area contributed by atoms with Gasteiger partial charge in [0.1, 0.15) is 0 Å². The standard InChI is InChI=1S/C52H74F4O3/c1-5-9-35-11-15-37(16-12-35)43(39-19-23-41(24-20-39)45-27-29-47(58-7-3)51(55)49(45)53)31-33-57-34-32-44(38-17-13-36(10-6-2)14-18-38)40-21-25-42(26-22-40)46-28-30-48(59-8-4)52(56)50(46)54/h27-44H,5-26H2,1-4H3/b33-31+,34-32+. The monoisotopic (exact) mass is 823 g/mol. The molecule has 328 valence electrons. The Morgan fingerprint density at radius 1 is 0.475 bits per heavy atom. The van der Waals surface area contributed by atoms with Crippen LogP contribution in [-0.2, 0) is 4.74 Å². The van der Waals surface area contributed by atoms with Gasteiger partial charge in [-0.1, -0.05) is 77.3 Å². The van der Waals surface area contributed by atoms with E-state index in [1.165, 1.54) is 77.0 Å². The van der Waals surface area contributed by atoms with E-state index in [0.29, 0.717) is 59.8 Å². The second kappa shape index (κ2) is 22.8. The molecule has 0 heterocycles. The van der Waals surface area contributed by atoms with Crippen molar-refractivity contribution in [2.24, 2.45) is 47.3 Å². The van der Waals surface area contributed by atoms with Crippen molar-refractivity contribution in [3.63, 3.8) is 0 Å². The predicted molar refractivity (Wildman–Crippen MR) is 232 cm³/mol. The van der Waals surface area contributed by atoms with Gasteiger partial charge in [0.2, 0.25) is 11.6 Å². The number of halogens is 4. The first-order valence-corrected chi connectivity index (χ1v) is 24.0. The summed E-state index contributed by atoms with van der Waals surface area (Å²) < 4.78 is 77.0. The quantitative estimate of drug-likeness (QED) is 0.111. The number of rotatable bonds is 18. The largest absolute Gasteiger partial charge is 0.491 e. The van der Waals surface area contributed by atoms with Gasteiger partial charge in [-0.2, -0.15) is 8.78 Å². The Morgan fingerprint density at radius 3 is 1.14 bits per heavy atom. The molecule has 59 heavy (non-hydrogen) atoms. The van der Waals surface area contributed by atoms with Gasteiger partial charge >= 0.3 is 0 Å². The third-order valence-electron chi connectivity index (χ3n) is 15.3. The number of hydrogen-bond acceptors (Lipinski definition) is 3. The number of ether oxygens (including phenoxy) is 3. The maximum atomic E-state index is 15.2. The lowest BCUT2D eigenvalue weighted by Gasteiger charge is -2.40. The van der Waals surface area contributed by atoms with Crippen LogP contribution in [0, 0.1) is 70.6 Å². The molecule has 0 amide bonds. The normalized spacial score (nSPS) is 29.1. The van der Waals surface area contributed by atoms with E-state index in [2.05, 4.69) is 26.0 Å². The van der Waals surface area contributed by atoms with E-state index in [1.54, 1.807) is 38.1 Å². The van der Waals surface area contributed by atoms with E-state index in [0.717, 1.165) is 63.2 Å². The van der Waals surface area contributed by atoms with Gasteiger partial charge in [-0.25, -0.2) is 8.78 Å². The number of hydrogen-bond donors (Lipinski definition) is 0. The van der Waals surface area contributed by atoms with Crippen LogP contribution in [0.4, 0.5) is 17.6 Å². The molecule has 4 saturated carbocycles. The molecular formula is C52H74F4O3. The molecule has 2 atom stereocenters. The molecular weight excluding hydrogens is 749 g/mol. The molecule has 0 aliphatic heterocycles. The fraction of sp³-hybridized carbons (Fsp3) is 0.692. The molecule has 0 aromatic heterocycles. The highest BCUT2D eigenvalue weighted by Gasteiger charge is 2.37. The van der Waals surface area contributed by atoms with Crippen molar-refractivity contribution < 1.29 is 31.8 Å². The van der Waals surface area contributed by atoms with Gasteiger partial charge in [-0.3, -0.25) is 0 Å². The zero-order valence-electron chi connectivity index (χ0n) is 36.7. The average Bonchev–Trinajstić information content (AvgIpc) is 3.26. The number of allylic oxidation sites excluding steroid dienone is 2. The lowest BCUT2D eigenvalue weighted by Crippen LogP contribution is -2.29. The van der Waals surface area contributed by atoms with E-state index < -0.39 is 23.3 Å². The molecule has 7 heteroatoms. The topological polar surface area (TPSA) is 27.7 Å². The fourth-order valence-corrected chi connectivity index (χ4v) is 12.1. The van der Waals surface area contributed by atoms with Crippen LogP contribution in [0.25, 0.3) is 0 Å². The fourth-order valence-electron chi connectivity index (χ4n) is 12.1. The number of benzene rings is 2. The predicted octanol–water partition coefficient (Wildman–Crippen LogP) is 15.8. The van der Waals surface area contributed by atoms with Crippen LogP contribution in [0.3, 0.4) is 0 Å². The first kappa shape index (κ1) is 45.6. The minimum atomic E-state index is -0.864. The molecule has 6 rings (SSSR count). The first-order chi connectivity index (χ1) is 28.8. The van der Waals surface area contributed by atoms with Crippen molar-refractivity contribution in [3.8, 4) is 11.5 Å². The third kappa shape index (κ3) is 11.7. The van der Waals surface area contributed by atoms with E-state index in [-0.39, 0.29) is 23.3 Å². The molecule has 4 aliphatic carbocycles. The second-order valence-electron chi connectivity index (χ2n) is 18.7. The molecule has 0 radical (unpaired) electrons. The van der Waals surface area contributed by atoms with Gasteiger partial charge in [-0.05, 0) is 185 Å². The Hall–Kier alpha value is -2.96. The molecule has 2 aromatic rings. The van der Waals surface area contributed by atoms with Crippen LogP contribution in [0.15, 0.2) is 48.9 Å². The van der Waals surface area contributed by atoms with Gasteiger partial charge in [0.15, 0.2) is 23.1 Å². The minimum Gasteiger partial charge on any atom is -0.491 e. The van der Waals surface area contributed by atoms with Gasteiger partial charge in [0, 0.05) is 0 Å². The molecule has 4 fully saturated rings. The average molecular weight is 823 g/mol. The first-order valence-electron chi connectivity index (χ1n) is 24.0. The van der Waals surface area contributed by atoms with Gasteiger partial charge in [0.05, 0.1) is 25.7 Å². The molecule has 0 N–H and O–H groups in total. The summed E-state index contributed by atoms with van der Waals surface area (Å²) in [6.07, 6.45) is 31.3. The van der Waals surface area contributed by atoms with Crippen molar-refractivity contribution in [2.45, 2.75) is 168 Å². The van der Waals surface area contributed by atoms with Crippen LogP contribution < -0.4 is 9.47 Å². The summed E-state index contributed by atoms with van der Waals surface area (Å²) in [5.74, 6) is 1.49. The summed E-state index contributed by atoms with van der Waals surface area (Å²) in [7, 11) is 0. The third-order valence-corrected chi connectivity index (χ3v) is 15.3. The van der Waals surface area contributed by atoms with Crippen molar-refractivity contribution in [1.29, 1.82) is 0 Å². The van der Waals surface area contributed by atoms with E-state index in [9.17, 15) is 8.78 Å². The highest BCUT2D eigenvalue weighted by molar-refractivity contribution is 5.34. The maximum absolute atomic E-state index is 15.2. The SMILES string of the molecule is CCCC1CCC(C(/C=C/O/C=C/C(C2CCC(CCC)CC2)C2CCC(c3ccc(OCC)c(F)c3F)CC2)C2CCC(c3ccc(OCC)c(F)c3F)CC2)CC1. The zero-order valence-corrected chi connectivity index (χ0v) is 36.7. The van der Waals surface area contributed by atoms with E-state index >= 15 is 8.78 Å². The van der Waals surface area contributed by atoms with Crippen molar-refractivity contribution >= 4 is 0 Å². The Balaban J connectivity index is 1.12. The smallest absolute Gasteiger partial charge is 0.200 e. The van der Waals surface area contributed by atoms with Gasteiger partial charge in [0.25, 0.3) is 0 Å². The Morgan fingerprint density at radius 2 is 0.814 bits per heavy atom. The van der Waals surface area contributed by atoms with Crippen LogP contribution in [-0.4, -0.2) is 13.2 Å². The molecule has 4 aliphatic rings. The van der Waals surface area contributed by atoms with Crippen LogP contribution in [0.2, 0.25) is 0 Å². The molecule has 0 spiro atoms. The van der Waals surface area contributed by atoms with E-state index in [4.69, 9.17) is 14.2 Å². The summed E-state index contributed by atoms with van der Waals surface area (Å²) in [5.41, 5.74) is 0.980. The van der Waals surface area contributed by atoms with Crippen molar-refractivity contribution in [3.05, 3.63) is 83.3 Å². The maximum Gasteiger partial charge on any atom is 0.200 e. The van der Waals surface area contributed by atoms with Crippen LogP contribution >= 0.6 is 0 Å². The van der Waals surface area contributed by atoms with Crippen molar-refractivity contribution in [1.82, 2.24) is 0 Å². The molecule has 2 aromatic carbocycles.